The highest BCUT2D eigenvalue weighted by Gasteiger charge is 2.49. The van der Waals surface area contributed by atoms with Crippen molar-refractivity contribution in [2.24, 2.45) is 4.99 Å². The van der Waals surface area contributed by atoms with Gasteiger partial charge in [-0.15, -0.1) is 0 Å². The van der Waals surface area contributed by atoms with Gasteiger partial charge >= 0.3 is 0 Å². The molecule has 0 atom stereocenters. The number of hydrogen-bond donors (Lipinski definition) is 0. The van der Waals surface area contributed by atoms with Crippen molar-refractivity contribution in [2.75, 3.05) is 4.90 Å². The van der Waals surface area contributed by atoms with Crippen LogP contribution in [0.5, 0.6) is 0 Å². The van der Waals surface area contributed by atoms with E-state index < -0.39 is 5.41 Å². The molecule has 266 valence electrons. The summed E-state index contributed by atoms with van der Waals surface area (Å²) in [4.78, 5) is 7.55. The standard InChI is InChI=1S/C53H44N2/c1-35-54-51(2,3)52(4,5)55(35)43-24-16-19-40(32-43)47-34-49-50(45-26-15-14-25-44(45)47)46-30-29-39(38-28-27-36-17-12-13-18-37(36)31-38)33-48(46)53(49,41-20-8-6-9-21-41)42-22-10-7-11-23-42/h6-34H,1-5H3. The fourth-order valence-electron chi connectivity index (χ4n) is 9.72. The predicted molar refractivity (Wildman–Crippen MR) is 233 cm³/mol. The molecule has 2 aliphatic rings. The van der Waals surface area contributed by atoms with E-state index in [9.17, 15) is 0 Å². The van der Waals surface area contributed by atoms with E-state index in [-0.39, 0.29) is 11.1 Å². The summed E-state index contributed by atoms with van der Waals surface area (Å²) in [7, 11) is 0. The van der Waals surface area contributed by atoms with Crippen molar-refractivity contribution in [1.82, 2.24) is 0 Å². The molecule has 0 radical (unpaired) electrons. The molecule has 2 heteroatoms. The summed E-state index contributed by atoms with van der Waals surface area (Å²) in [5, 5.41) is 5.03. The Bertz CT molecular complexity index is 2790. The SMILES string of the molecule is CC1=NC(C)(C)C(C)(C)N1c1cccc(-c2cc3c(c4ccccc24)-c2ccc(-c4ccc5ccccc5c4)cc2C3(c2ccccc2)c2ccccc2)c1. The molecule has 0 N–H and O–H groups in total. The predicted octanol–water partition coefficient (Wildman–Crippen LogP) is 13.5. The average molecular weight is 709 g/mol. The quantitative estimate of drug-likeness (QED) is 0.174. The maximum absolute atomic E-state index is 5.13. The summed E-state index contributed by atoms with van der Waals surface area (Å²) < 4.78 is 0. The Morgan fingerprint density at radius 3 is 1.76 bits per heavy atom. The summed E-state index contributed by atoms with van der Waals surface area (Å²) in [6.45, 7) is 11.2. The molecule has 55 heavy (non-hydrogen) atoms. The van der Waals surface area contributed by atoms with Gasteiger partial charge in [0.1, 0.15) is 5.84 Å². The van der Waals surface area contributed by atoms with E-state index in [0.717, 1.165) is 5.84 Å². The number of anilines is 1. The van der Waals surface area contributed by atoms with Crippen LogP contribution in [-0.4, -0.2) is 16.9 Å². The van der Waals surface area contributed by atoms with Gasteiger partial charge in [0, 0.05) is 5.69 Å². The van der Waals surface area contributed by atoms with Crippen molar-refractivity contribution >= 4 is 33.1 Å². The maximum atomic E-state index is 5.13. The molecule has 8 aromatic carbocycles. The molecule has 0 amide bonds. The van der Waals surface area contributed by atoms with Gasteiger partial charge in [0.25, 0.3) is 0 Å². The zero-order chi connectivity index (χ0) is 37.5. The van der Waals surface area contributed by atoms with Crippen molar-refractivity contribution in [1.29, 1.82) is 0 Å². The second-order valence-corrected chi connectivity index (χ2v) is 16.4. The van der Waals surface area contributed by atoms with E-state index in [1.807, 2.05) is 0 Å². The third kappa shape index (κ3) is 4.84. The second kappa shape index (κ2) is 12.1. The molecule has 2 nitrogen and oxygen atoms in total. The summed E-state index contributed by atoms with van der Waals surface area (Å²) >= 11 is 0. The normalized spacial score (nSPS) is 16.2. The van der Waals surface area contributed by atoms with Gasteiger partial charge in [0.15, 0.2) is 0 Å². The molecule has 0 unspecified atom stereocenters. The molecule has 0 saturated carbocycles. The molecular formula is C53H44N2. The van der Waals surface area contributed by atoms with Crippen molar-refractivity contribution in [3.8, 4) is 33.4 Å². The minimum Gasteiger partial charge on any atom is -0.322 e. The van der Waals surface area contributed by atoms with E-state index in [0.29, 0.717) is 0 Å². The Morgan fingerprint density at radius 1 is 0.455 bits per heavy atom. The summed E-state index contributed by atoms with van der Waals surface area (Å²) in [5.74, 6) is 1.05. The Balaban J connectivity index is 1.27. The molecule has 8 aromatic rings. The first-order valence-corrected chi connectivity index (χ1v) is 19.5. The van der Waals surface area contributed by atoms with Crippen LogP contribution in [-0.2, 0) is 5.41 Å². The fourth-order valence-corrected chi connectivity index (χ4v) is 9.72. The lowest BCUT2D eigenvalue weighted by atomic mass is 9.67. The smallest absolute Gasteiger partial charge is 0.102 e. The number of rotatable bonds is 5. The van der Waals surface area contributed by atoms with Crippen molar-refractivity contribution in [3.05, 3.63) is 198 Å². The zero-order valence-electron chi connectivity index (χ0n) is 32.1. The van der Waals surface area contributed by atoms with Crippen LogP contribution in [0.25, 0.3) is 54.9 Å². The molecule has 0 bridgehead atoms. The summed E-state index contributed by atoms with van der Waals surface area (Å²) in [6, 6.07) is 65.7. The fraction of sp³-hybridized carbons (Fsp3) is 0.151. The number of aliphatic imine (C=N–C) groups is 1. The van der Waals surface area contributed by atoms with Gasteiger partial charge in [0.05, 0.1) is 16.5 Å². The van der Waals surface area contributed by atoms with Crippen LogP contribution in [0.1, 0.15) is 56.9 Å². The average Bonchev–Trinajstić information content (AvgIpc) is 3.60. The molecule has 0 aromatic heterocycles. The lowest BCUT2D eigenvalue weighted by molar-refractivity contribution is 0.338. The number of hydrogen-bond acceptors (Lipinski definition) is 2. The summed E-state index contributed by atoms with van der Waals surface area (Å²) in [6.07, 6.45) is 0. The van der Waals surface area contributed by atoms with Gasteiger partial charge in [-0.1, -0.05) is 146 Å². The Hall–Kier alpha value is -6.25. The van der Waals surface area contributed by atoms with Gasteiger partial charge in [-0.05, 0) is 142 Å². The Kier molecular flexibility index (Phi) is 7.35. The first kappa shape index (κ1) is 33.3. The third-order valence-electron chi connectivity index (χ3n) is 12.9. The van der Waals surface area contributed by atoms with E-state index in [2.05, 4.69) is 215 Å². The Labute approximate surface area is 324 Å². The molecule has 0 spiro atoms. The van der Waals surface area contributed by atoms with Crippen LogP contribution in [0.3, 0.4) is 0 Å². The van der Waals surface area contributed by atoms with Crippen LogP contribution in [0.4, 0.5) is 5.69 Å². The highest BCUT2D eigenvalue weighted by molar-refractivity contribution is 6.11. The zero-order valence-corrected chi connectivity index (χ0v) is 32.1. The number of benzene rings is 8. The summed E-state index contributed by atoms with van der Waals surface area (Å²) in [5.41, 5.74) is 12.9. The molecular weight excluding hydrogens is 665 g/mol. The Morgan fingerprint density at radius 2 is 1.07 bits per heavy atom. The maximum Gasteiger partial charge on any atom is 0.102 e. The lowest BCUT2D eigenvalue weighted by Crippen LogP contribution is -2.53. The molecule has 1 aliphatic heterocycles. The highest BCUT2D eigenvalue weighted by Crippen LogP contribution is 2.59. The third-order valence-corrected chi connectivity index (χ3v) is 12.9. The van der Waals surface area contributed by atoms with Crippen LogP contribution < -0.4 is 4.90 Å². The molecule has 10 rings (SSSR count). The largest absolute Gasteiger partial charge is 0.322 e. The molecule has 1 heterocycles. The van der Waals surface area contributed by atoms with Crippen LogP contribution in [0.2, 0.25) is 0 Å². The minimum atomic E-state index is -0.555. The first-order chi connectivity index (χ1) is 26.7. The monoisotopic (exact) mass is 708 g/mol. The lowest BCUT2D eigenvalue weighted by Gasteiger charge is -2.41. The van der Waals surface area contributed by atoms with Gasteiger partial charge in [-0.2, -0.15) is 0 Å². The van der Waals surface area contributed by atoms with Crippen molar-refractivity contribution < 1.29 is 0 Å². The van der Waals surface area contributed by atoms with E-state index >= 15 is 0 Å². The minimum absolute atomic E-state index is 0.185. The number of fused-ring (bicyclic) bond motifs is 6. The van der Waals surface area contributed by atoms with Crippen molar-refractivity contribution in [3.63, 3.8) is 0 Å². The second-order valence-electron chi connectivity index (χ2n) is 16.4. The van der Waals surface area contributed by atoms with Crippen LogP contribution in [0, 0.1) is 0 Å². The van der Waals surface area contributed by atoms with Crippen molar-refractivity contribution in [2.45, 2.75) is 51.1 Å². The highest BCUT2D eigenvalue weighted by atomic mass is 15.3. The molecule has 0 saturated heterocycles. The topological polar surface area (TPSA) is 15.6 Å². The molecule has 0 fully saturated rings. The number of nitrogens with zero attached hydrogens (tertiary/aromatic N) is 2. The molecule has 1 aliphatic carbocycles. The van der Waals surface area contributed by atoms with E-state index in [1.165, 1.54) is 82.9 Å². The first-order valence-electron chi connectivity index (χ1n) is 19.5. The van der Waals surface area contributed by atoms with E-state index in [4.69, 9.17) is 4.99 Å². The van der Waals surface area contributed by atoms with Gasteiger partial charge in [0.2, 0.25) is 0 Å². The van der Waals surface area contributed by atoms with E-state index in [1.54, 1.807) is 0 Å². The van der Waals surface area contributed by atoms with Gasteiger partial charge in [-0.25, -0.2) is 0 Å². The van der Waals surface area contributed by atoms with Crippen LogP contribution in [0.15, 0.2) is 181 Å². The van der Waals surface area contributed by atoms with Gasteiger partial charge in [-0.3, -0.25) is 4.99 Å². The van der Waals surface area contributed by atoms with Gasteiger partial charge < -0.3 is 4.90 Å². The van der Waals surface area contributed by atoms with Crippen LogP contribution >= 0.6 is 0 Å². The number of amidine groups is 1.